The normalized spacial score (nSPS) is 12.3. The number of rotatable bonds is 4. The van der Waals surface area contributed by atoms with Gasteiger partial charge < -0.3 is 5.11 Å². The summed E-state index contributed by atoms with van der Waals surface area (Å²) in [5.41, 5.74) is 2.56. The Morgan fingerprint density at radius 3 is 2.62 bits per heavy atom. The van der Waals surface area contributed by atoms with Crippen LogP contribution in [0, 0.1) is 0 Å². The molecule has 1 atom stereocenters. The number of aromatic nitrogens is 2. The molecule has 3 heterocycles. The number of hydrogen-bond acceptors (Lipinski definition) is 4. The van der Waals surface area contributed by atoms with Crippen molar-refractivity contribution in [1.29, 1.82) is 0 Å². The van der Waals surface area contributed by atoms with Crippen molar-refractivity contribution in [1.82, 2.24) is 9.97 Å². The third kappa shape index (κ3) is 2.76. The zero-order chi connectivity index (χ0) is 16.4. The van der Waals surface area contributed by atoms with Crippen LogP contribution in [0.5, 0.6) is 5.75 Å². The summed E-state index contributed by atoms with van der Waals surface area (Å²) in [4.78, 5) is 10.0. The highest BCUT2D eigenvalue weighted by Crippen LogP contribution is 2.38. The van der Waals surface area contributed by atoms with Crippen molar-refractivity contribution in [3.63, 3.8) is 0 Å². The monoisotopic (exact) mass is 332 g/mol. The lowest BCUT2D eigenvalue weighted by molar-refractivity contribution is 0.469. The molecule has 0 spiro atoms. The fourth-order valence-corrected chi connectivity index (χ4v) is 3.85. The van der Waals surface area contributed by atoms with E-state index in [9.17, 15) is 5.11 Å². The summed E-state index contributed by atoms with van der Waals surface area (Å²) in [6.07, 6.45) is 4.26. The van der Waals surface area contributed by atoms with Gasteiger partial charge in [0.1, 0.15) is 11.3 Å². The van der Waals surface area contributed by atoms with Crippen LogP contribution in [0.1, 0.15) is 22.1 Å². The first-order valence-electron chi connectivity index (χ1n) is 7.83. The highest BCUT2D eigenvalue weighted by atomic mass is 32.1. The van der Waals surface area contributed by atoms with E-state index in [1.165, 1.54) is 4.88 Å². The molecule has 0 aliphatic heterocycles. The Balaban J connectivity index is 1.83. The lowest BCUT2D eigenvalue weighted by atomic mass is 9.90. The van der Waals surface area contributed by atoms with Crippen LogP contribution in [-0.2, 0) is 6.42 Å². The highest BCUT2D eigenvalue weighted by molar-refractivity contribution is 7.10. The van der Waals surface area contributed by atoms with Gasteiger partial charge in [-0.3, -0.25) is 9.97 Å². The van der Waals surface area contributed by atoms with Crippen molar-refractivity contribution < 1.29 is 5.11 Å². The van der Waals surface area contributed by atoms with Crippen molar-refractivity contribution in [2.45, 2.75) is 12.3 Å². The molecule has 0 aliphatic carbocycles. The van der Waals surface area contributed by atoms with Crippen LogP contribution in [-0.4, -0.2) is 15.1 Å². The zero-order valence-electron chi connectivity index (χ0n) is 13.0. The molecule has 118 valence electrons. The average molecular weight is 332 g/mol. The first-order valence-corrected chi connectivity index (χ1v) is 8.71. The minimum absolute atomic E-state index is 0.0614. The Morgan fingerprint density at radius 1 is 0.917 bits per heavy atom. The molecule has 3 aromatic heterocycles. The van der Waals surface area contributed by atoms with Crippen LogP contribution in [0.3, 0.4) is 0 Å². The van der Waals surface area contributed by atoms with E-state index in [0.717, 1.165) is 23.1 Å². The molecule has 4 aromatic rings. The van der Waals surface area contributed by atoms with Gasteiger partial charge in [0.05, 0.1) is 0 Å². The van der Waals surface area contributed by atoms with Gasteiger partial charge in [0.15, 0.2) is 0 Å². The molecule has 0 aliphatic rings. The second-order valence-electron chi connectivity index (χ2n) is 5.67. The van der Waals surface area contributed by atoms with Crippen LogP contribution in [0.2, 0.25) is 0 Å². The Bertz CT molecular complexity index is 952. The molecule has 0 bridgehead atoms. The maximum absolute atomic E-state index is 10.8. The van der Waals surface area contributed by atoms with Crippen molar-refractivity contribution in [2.75, 3.05) is 0 Å². The van der Waals surface area contributed by atoms with E-state index in [1.807, 2.05) is 54.7 Å². The molecule has 0 radical (unpaired) electrons. The summed E-state index contributed by atoms with van der Waals surface area (Å²) < 4.78 is 0. The van der Waals surface area contributed by atoms with Crippen LogP contribution in [0.25, 0.3) is 10.9 Å². The molecule has 0 amide bonds. The number of phenolic OH excluding ortho intramolecular Hbond substituents is 1. The van der Waals surface area contributed by atoms with Crippen LogP contribution >= 0.6 is 11.3 Å². The number of phenols is 1. The molecule has 1 N–H and O–H groups in total. The van der Waals surface area contributed by atoms with Gasteiger partial charge in [-0.2, -0.15) is 0 Å². The average Bonchev–Trinajstić information content (AvgIpc) is 3.16. The van der Waals surface area contributed by atoms with Gasteiger partial charge in [0.25, 0.3) is 0 Å². The number of hydrogen-bond donors (Lipinski definition) is 1. The molecule has 1 aromatic carbocycles. The second kappa shape index (κ2) is 6.42. The first kappa shape index (κ1) is 14.8. The molecule has 0 fully saturated rings. The Morgan fingerprint density at radius 2 is 1.83 bits per heavy atom. The Kier molecular flexibility index (Phi) is 3.97. The minimum Gasteiger partial charge on any atom is -0.505 e. The van der Waals surface area contributed by atoms with E-state index in [4.69, 9.17) is 0 Å². The fraction of sp³-hybridized carbons (Fsp3) is 0.100. The van der Waals surface area contributed by atoms with Gasteiger partial charge in [0, 0.05) is 46.3 Å². The molecular weight excluding hydrogens is 316 g/mol. The van der Waals surface area contributed by atoms with Gasteiger partial charge >= 0.3 is 0 Å². The summed E-state index contributed by atoms with van der Waals surface area (Å²) >= 11 is 1.70. The van der Waals surface area contributed by atoms with Crippen molar-refractivity contribution in [3.8, 4) is 5.75 Å². The van der Waals surface area contributed by atoms with Crippen molar-refractivity contribution >= 4 is 22.2 Å². The third-order valence-electron chi connectivity index (χ3n) is 4.18. The molecule has 24 heavy (non-hydrogen) atoms. The number of thiophene rings is 1. The number of benzene rings is 1. The van der Waals surface area contributed by atoms with Gasteiger partial charge in [-0.05, 0) is 29.6 Å². The maximum atomic E-state index is 10.8. The molecule has 4 heteroatoms. The summed E-state index contributed by atoms with van der Waals surface area (Å²) in [6.45, 7) is 0. The van der Waals surface area contributed by atoms with Gasteiger partial charge in [-0.25, -0.2) is 0 Å². The summed E-state index contributed by atoms with van der Waals surface area (Å²) in [6, 6.07) is 18.0. The fourth-order valence-electron chi connectivity index (χ4n) is 3.01. The van der Waals surface area contributed by atoms with E-state index in [2.05, 4.69) is 21.4 Å². The van der Waals surface area contributed by atoms with E-state index in [1.54, 1.807) is 17.5 Å². The number of aromatic hydroxyl groups is 1. The largest absolute Gasteiger partial charge is 0.505 e. The van der Waals surface area contributed by atoms with Crippen LogP contribution in [0.15, 0.2) is 72.4 Å². The van der Waals surface area contributed by atoms with E-state index in [0.29, 0.717) is 5.52 Å². The Labute approximate surface area is 144 Å². The van der Waals surface area contributed by atoms with E-state index < -0.39 is 0 Å². The quantitative estimate of drug-likeness (QED) is 0.585. The summed E-state index contributed by atoms with van der Waals surface area (Å²) in [7, 11) is 0. The highest BCUT2D eigenvalue weighted by Gasteiger charge is 2.21. The molecular formula is C20H16N2OS. The molecule has 0 saturated heterocycles. The standard InChI is InChI=1S/C20H16N2OS/c23-20-16(9-8-14-5-3-11-22-19(14)20)17(18-7-4-12-24-18)13-15-6-1-2-10-21-15/h1-12,17,23H,13H2. The van der Waals surface area contributed by atoms with E-state index >= 15 is 0 Å². The van der Waals surface area contributed by atoms with Crippen molar-refractivity contribution in [3.05, 3.63) is 88.5 Å². The van der Waals surface area contributed by atoms with Gasteiger partial charge in [0.2, 0.25) is 0 Å². The van der Waals surface area contributed by atoms with Gasteiger partial charge in [-0.1, -0.05) is 30.3 Å². The SMILES string of the molecule is Oc1c(C(Cc2ccccn2)c2cccs2)ccc2cccnc12. The lowest BCUT2D eigenvalue weighted by Gasteiger charge is -2.18. The predicted octanol–water partition coefficient (Wildman–Crippen LogP) is 4.77. The Hall–Kier alpha value is -2.72. The smallest absolute Gasteiger partial charge is 0.145 e. The molecule has 3 nitrogen and oxygen atoms in total. The number of nitrogens with zero attached hydrogens (tertiary/aromatic N) is 2. The third-order valence-corrected chi connectivity index (χ3v) is 5.17. The van der Waals surface area contributed by atoms with Crippen LogP contribution < -0.4 is 0 Å². The second-order valence-corrected chi connectivity index (χ2v) is 6.65. The topological polar surface area (TPSA) is 46.0 Å². The summed E-state index contributed by atoms with van der Waals surface area (Å²) in [5, 5.41) is 13.8. The predicted molar refractivity (Wildman–Crippen MR) is 97.5 cm³/mol. The van der Waals surface area contributed by atoms with Gasteiger partial charge in [-0.15, -0.1) is 11.3 Å². The van der Waals surface area contributed by atoms with E-state index in [-0.39, 0.29) is 11.7 Å². The summed E-state index contributed by atoms with van der Waals surface area (Å²) in [5.74, 6) is 0.328. The number of fused-ring (bicyclic) bond motifs is 1. The zero-order valence-corrected chi connectivity index (χ0v) is 13.8. The number of pyridine rings is 2. The molecule has 0 saturated carbocycles. The first-order chi connectivity index (χ1) is 11.8. The molecule has 4 rings (SSSR count). The lowest BCUT2D eigenvalue weighted by Crippen LogP contribution is -2.05. The molecule has 1 unspecified atom stereocenters. The maximum Gasteiger partial charge on any atom is 0.145 e. The van der Waals surface area contributed by atoms with Crippen molar-refractivity contribution in [2.24, 2.45) is 0 Å². The minimum atomic E-state index is 0.0614. The van der Waals surface area contributed by atoms with Crippen LogP contribution in [0.4, 0.5) is 0 Å².